The fraction of sp³-hybridized carbons (Fsp3) is 0.511. The van der Waals surface area contributed by atoms with Crippen LogP contribution in [0.1, 0.15) is 107 Å². The topological polar surface area (TPSA) is 155 Å². The molecule has 2 aromatic carbocycles. The third kappa shape index (κ3) is 13.0. The Morgan fingerprint density at radius 3 is 2.19 bits per heavy atom. The zero-order valence-electron chi connectivity index (χ0n) is 34.5. The Morgan fingerprint density at radius 1 is 0.895 bits per heavy atom. The second-order valence-corrected chi connectivity index (χ2v) is 16.2. The molecule has 1 aliphatic heterocycles. The van der Waals surface area contributed by atoms with Gasteiger partial charge in [-0.3, -0.25) is 14.4 Å². The van der Waals surface area contributed by atoms with Gasteiger partial charge >= 0.3 is 6.09 Å². The number of rotatable bonds is 18. The molecular formula is C45H59N7O5. The summed E-state index contributed by atoms with van der Waals surface area (Å²) in [5.74, 6) is 0.0518. The van der Waals surface area contributed by atoms with E-state index < -0.39 is 17.6 Å². The number of pyridine rings is 1. The van der Waals surface area contributed by atoms with Crippen molar-refractivity contribution in [2.24, 2.45) is 33.0 Å². The number of nitrogens with one attached hydrogen (secondary N) is 2. The number of alkyl carbamates (subject to hydrolysis) is 1. The highest BCUT2D eigenvalue weighted by Gasteiger charge is 2.31. The molecule has 5 rings (SSSR count). The van der Waals surface area contributed by atoms with Crippen molar-refractivity contribution >= 4 is 35.1 Å². The number of amides is 2. The van der Waals surface area contributed by atoms with Crippen LogP contribution < -0.4 is 10.6 Å². The van der Waals surface area contributed by atoms with E-state index in [-0.39, 0.29) is 35.7 Å². The Morgan fingerprint density at radius 2 is 1.58 bits per heavy atom. The Labute approximate surface area is 337 Å². The van der Waals surface area contributed by atoms with Crippen molar-refractivity contribution in [3.63, 3.8) is 0 Å². The van der Waals surface area contributed by atoms with E-state index in [0.29, 0.717) is 43.3 Å². The SMILES string of the molecule is CCN(CC)CCCC(=O)c1ccc(-c2ccc(C[C@H](CC(=O)C3CCC(CNC(=O)OC(C)(C)C)CC3)C(=O)Nc3ccc(C4=NCN=N4)cc3)cc2)c(C)n1. The molecule has 1 atom stereocenters. The quantitative estimate of drug-likeness (QED) is 0.123. The van der Waals surface area contributed by atoms with Gasteiger partial charge in [-0.25, -0.2) is 14.8 Å². The molecule has 12 heteroatoms. The number of hydrogen-bond acceptors (Lipinski definition) is 10. The van der Waals surface area contributed by atoms with Crippen LogP contribution in [0.2, 0.25) is 0 Å². The number of aromatic nitrogens is 1. The highest BCUT2D eigenvalue weighted by atomic mass is 16.6. The van der Waals surface area contributed by atoms with Crippen molar-refractivity contribution in [3.05, 3.63) is 83.2 Å². The summed E-state index contributed by atoms with van der Waals surface area (Å²) in [5, 5.41) is 13.9. The molecule has 0 radical (unpaired) electrons. The first-order chi connectivity index (χ1) is 27.3. The van der Waals surface area contributed by atoms with Crippen LogP contribution in [0.25, 0.3) is 11.1 Å². The van der Waals surface area contributed by atoms with Gasteiger partial charge in [0.2, 0.25) is 5.91 Å². The minimum absolute atomic E-state index is 0.0555. The molecule has 2 N–H and O–H groups in total. The second-order valence-electron chi connectivity index (χ2n) is 16.2. The van der Waals surface area contributed by atoms with E-state index in [1.807, 2.05) is 88.4 Å². The average molecular weight is 778 g/mol. The molecule has 2 heterocycles. The summed E-state index contributed by atoms with van der Waals surface area (Å²) in [5.41, 5.74) is 5.00. The van der Waals surface area contributed by atoms with Gasteiger partial charge < -0.3 is 20.3 Å². The highest BCUT2D eigenvalue weighted by molar-refractivity contribution is 6.01. The molecule has 1 aromatic heterocycles. The Hall–Kier alpha value is -5.10. The van der Waals surface area contributed by atoms with Crippen molar-refractivity contribution in [1.29, 1.82) is 0 Å². The summed E-state index contributed by atoms with van der Waals surface area (Å²) in [6.45, 7) is 15.4. The summed E-state index contributed by atoms with van der Waals surface area (Å²) < 4.78 is 5.37. The van der Waals surface area contributed by atoms with Crippen LogP contribution >= 0.6 is 0 Å². The Balaban J connectivity index is 1.23. The van der Waals surface area contributed by atoms with Crippen molar-refractivity contribution in [1.82, 2.24) is 15.2 Å². The minimum Gasteiger partial charge on any atom is -0.444 e. The van der Waals surface area contributed by atoms with Crippen LogP contribution in [0.5, 0.6) is 0 Å². The lowest BCUT2D eigenvalue weighted by atomic mass is 9.77. The van der Waals surface area contributed by atoms with Crippen molar-refractivity contribution in [2.45, 2.75) is 98.5 Å². The normalized spacial score (nSPS) is 17.2. The van der Waals surface area contributed by atoms with Gasteiger partial charge in [0.15, 0.2) is 18.3 Å². The van der Waals surface area contributed by atoms with Crippen molar-refractivity contribution in [2.75, 3.05) is 38.2 Å². The maximum atomic E-state index is 13.9. The maximum Gasteiger partial charge on any atom is 0.407 e. The summed E-state index contributed by atoms with van der Waals surface area (Å²) in [6.07, 6.45) is 4.45. The summed E-state index contributed by atoms with van der Waals surface area (Å²) in [7, 11) is 0. The minimum atomic E-state index is -0.585. The van der Waals surface area contributed by atoms with Gasteiger partial charge in [0.05, 0.1) is 0 Å². The molecular weight excluding hydrogens is 719 g/mol. The van der Waals surface area contributed by atoms with Gasteiger partial charge in [-0.05, 0) is 133 Å². The molecule has 3 aromatic rings. The smallest absolute Gasteiger partial charge is 0.407 e. The first-order valence-corrected chi connectivity index (χ1v) is 20.5. The van der Waals surface area contributed by atoms with Crippen molar-refractivity contribution < 1.29 is 23.9 Å². The number of azo groups is 1. The molecule has 1 aliphatic carbocycles. The zero-order chi connectivity index (χ0) is 41.0. The van der Waals surface area contributed by atoms with E-state index in [4.69, 9.17) is 4.74 Å². The molecule has 0 saturated heterocycles. The van der Waals surface area contributed by atoms with Crippen LogP contribution in [-0.4, -0.2) is 77.7 Å². The molecule has 2 amide bonds. The van der Waals surface area contributed by atoms with Gasteiger partial charge in [-0.1, -0.05) is 44.2 Å². The number of anilines is 1. The maximum absolute atomic E-state index is 13.9. The molecule has 1 saturated carbocycles. The highest BCUT2D eigenvalue weighted by Crippen LogP contribution is 2.32. The molecule has 57 heavy (non-hydrogen) atoms. The zero-order valence-corrected chi connectivity index (χ0v) is 34.5. The number of hydrogen-bond donors (Lipinski definition) is 2. The molecule has 0 spiro atoms. The first-order valence-electron chi connectivity index (χ1n) is 20.5. The number of aryl methyl sites for hydroxylation is 1. The van der Waals surface area contributed by atoms with E-state index in [0.717, 1.165) is 79.7 Å². The number of ether oxygens (including phenoxy) is 1. The van der Waals surface area contributed by atoms with E-state index in [9.17, 15) is 19.2 Å². The number of nitrogens with zero attached hydrogens (tertiary/aromatic N) is 5. The van der Waals surface area contributed by atoms with Crippen LogP contribution in [0.4, 0.5) is 10.5 Å². The third-order valence-corrected chi connectivity index (χ3v) is 10.8. The van der Waals surface area contributed by atoms with Gasteiger partial charge in [0.1, 0.15) is 17.1 Å². The fourth-order valence-electron chi connectivity index (χ4n) is 7.48. The largest absolute Gasteiger partial charge is 0.444 e. The lowest BCUT2D eigenvalue weighted by molar-refractivity contribution is -0.129. The predicted molar refractivity (Wildman–Crippen MR) is 224 cm³/mol. The van der Waals surface area contributed by atoms with Crippen molar-refractivity contribution in [3.8, 4) is 11.1 Å². The number of aliphatic imine (C=N–C) groups is 1. The molecule has 2 aliphatic rings. The van der Waals surface area contributed by atoms with Gasteiger partial charge in [-0.15, -0.1) is 5.11 Å². The Kier molecular flexibility index (Phi) is 15.4. The first kappa shape index (κ1) is 43.0. The molecule has 0 bridgehead atoms. The van der Waals surface area contributed by atoms with E-state index in [2.05, 4.69) is 49.6 Å². The van der Waals surface area contributed by atoms with Crippen LogP contribution in [0.15, 0.2) is 75.9 Å². The third-order valence-electron chi connectivity index (χ3n) is 10.8. The lowest BCUT2D eigenvalue weighted by Crippen LogP contribution is -2.37. The number of benzene rings is 2. The molecule has 304 valence electrons. The summed E-state index contributed by atoms with van der Waals surface area (Å²) in [6, 6.07) is 19.1. The number of carbonyl (C=O) groups is 4. The van der Waals surface area contributed by atoms with Crippen LogP contribution in [0.3, 0.4) is 0 Å². The monoisotopic (exact) mass is 777 g/mol. The average Bonchev–Trinajstić information content (AvgIpc) is 3.74. The number of carbonyl (C=O) groups excluding carboxylic acids is 4. The lowest BCUT2D eigenvalue weighted by Gasteiger charge is -2.29. The number of amidine groups is 1. The predicted octanol–water partition coefficient (Wildman–Crippen LogP) is 8.62. The summed E-state index contributed by atoms with van der Waals surface area (Å²) in [4.78, 5) is 64.0. The molecule has 12 nitrogen and oxygen atoms in total. The van der Waals surface area contributed by atoms with Gasteiger partial charge in [-0.2, -0.15) is 5.11 Å². The second kappa shape index (κ2) is 20.4. The van der Waals surface area contributed by atoms with E-state index in [1.54, 1.807) is 0 Å². The summed E-state index contributed by atoms with van der Waals surface area (Å²) >= 11 is 0. The Bertz CT molecular complexity index is 1910. The fourth-order valence-corrected chi connectivity index (χ4v) is 7.48. The number of Topliss-reactive ketones (excluding diaryl/α,β-unsaturated/α-hetero) is 2. The van der Waals surface area contributed by atoms with E-state index >= 15 is 0 Å². The van der Waals surface area contributed by atoms with E-state index in [1.165, 1.54) is 0 Å². The molecule has 0 unspecified atom stereocenters. The van der Waals surface area contributed by atoms with Gasteiger partial charge in [0, 0.05) is 53.7 Å². The number of ketones is 2. The van der Waals surface area contributed by atoms with Gasteiger partial charge in [0.25, 0.3) is 0 Å². The van der Waals surface area contributed by atoms with Crippen LogP contribution in [-0.2, 0) is 20.7 Å². The van der Waals surface area contributed by atoms with Crippen LogP contribution in [0, 0.1) is 24.7 Å². The standard InChI is InChI=1S/C45H59N7O5/c1-7-52(8-2)25-9-10-40(53)39-24-23-38(30(3)49-39)33-15-11-31(12-16-33)26-36(43(55)50-37-21-19-35(20-22-37)42-47-29-48-51-42)27-41(54)34-17-13-32(14-18-34)28-46-44(56)57-45(4,5)6/h11-12,15-16,19-24,32,34,36H,7-10,13-14,17-18,25-29H2,1-6H3,(H,46,56)(H,50,55)/t32?,34?,36-/m1/s1. The molecule has 1 fully saturated rings.